The molecule has 2 aliphatic rings. The van der Waals surface area contributed by atoms with Crippen LogP contribution in [0, 0.1) is 11.3 Å². The summed E-state index contributed by atoms with van der Waals surface area (Å²) in [6.07, 6.45) is 3.03. The second-order valence-corrected chi connectivity index (χ2v) is 9.07. The van der Waals surface area contributed by atoms with E-state index >= 15 is 0 Å². The number of aryl methyl sites for hydroxylation is 1. The molecule has 0 saturated carbocycles. The topological polar surface area (TPSA) is 70.1 Å². The molecule has 1 atom stereocenters. The Morgan fingerprint density at radius 3 is 2.82 bits per heavy atom. The average Bonchev–Trinajstić information content (AvgIpc) is 3.16. The summed E-state index contributed by atoms with van der Waals surface area (Å²) < 4.78 is 0.925. The minimum Gasteiger partial charge on any atom is -0.384 e. The Bertz CT molecular complexity index is 1060. The first-order chi connectivity index (χ1) is 13.5. The highest BCUT2D eigenvalue weighted by Crippen LogP contribution is 2.47. The van der Waals surface area contributed by atoms with Crippen molar-refractivity contribution < 1.29 is 4.79 Å². The molecule has 1 aliphatic carbocycles. The molecule has 2 N–H and O–H groups in total. The summed E-state index contributed by atoms with van der Waals surface area (Å²) in [6, 6.07) is 14.2. The van der Waals surface area contributed by atoms with E-state index in [1.807, 2.05) is 35.2 Å². The molecule has 0 saturated heterocycles. The lowest BCUT2D eigenvalue weighted by molar-refractivity contribution is -0.116. The SMILES string of the molecule is CCc1ccc([C@H]2C(C#N)=C(N)N(c3cccc(Br)c3)C3=C2C(=O)CCC3)s1. The lowest BCUT2D eigenvalue weighted by atomic mass is 9.78. The van der Waals surface area contributed by atoms with Gasteiger partial charge in [-0.15, -0.1) is 11.3 Å². The molecule has 0 radical (unpaired) electrons. The summed E-state index contributed by atoms with van der Waals surface area (Å²) in [5, 5.41) is 10.00. The molecule has 28 heavy (non-hydrogen) atoms. The molecule has 1 aliphatic heterocycles. The van der Waals surface area contributed by atoms with Crippen molar-refractivity contribution in [3.8, 4) is 6.07 Å². The van der Waals surface area contributed by atoms with Crippen molar-refractivity contribution in [3.63, 3.8) is 0 Å². The quantitative estimate of drug-likeness (QED) is 0.676. The number of rotatable bonds is 3. The third kappa shape index (κ3) is 3.09. The number of hydrogen-bond donors (Lipinski definition) is 1. The number of allylic oxidation sites excluding steroid dienone is 3. The summed E-state index contributed by atoms with van der Waals surface area (Å²) in [5.41, 5.74) is 9.55. The number of carbonyl (C=O) groups is 1. The number of ketones is 1. The third-order valence-corrected chi connectivity index (χ3v) is 7.08. The van der Waals surface area contributed by atoms with Crippen LogP contribution >= 0.6 is 27.3 Å². The van der Waals surface area contributed by atoms with E-state index in [-0.39, 0.29) is 11.7 Å². The van der Waals surface area contributed by atoms with Crippen LogP contribution in [0.25, 0.3) is 0 Å². The van der Waals surface area contributed by atoms with Crippen LogP contribution in [0.15, 0.2) is 63.5 Å². The van der Waals surface area contributed by atoms with Crippen LogP contribution in [0.4, 0.5) is 5.69 Å². The van der Waals surface area contributed by atoms with Gasteiger partial charge in [-0.2, -0.15) is 5.26 Å². The highest BCUT2D eigenvalue weighted by molar-refractivity contribution is 9.10. The summed E-state index contributed by atoms with van der Waals surface area (Å²) in [4.78, 5) is 17.2. The standard InChI is InChI=1S/C22H20BrN3OS/c1-2-15-9-10-19(28-15)20-16(12-24)22(25)26(14-6-3-5-13(23)11-14)17-7-4-8-18(27)21(17)20/h3,5-6,9-11,20H,2,4,7-8,25H2,1H3/t20-/m1/s1. The number of hydrogen-bond acceptors (Lipinski definition) is 5. The number of anilines is 1. The molecular formula is C22H20BrN3OS. The number of thiophene rings is 1. The van der Waals surface area contributed by atoms with Crippen LogP contribution in [0.5, 0.6) is 0 Å². The van der Waals surface area contributed by atoms with E-state index in [9.17, 15) is 10.1 Å². The summed E-state index contributed by atoms with van der Waals surface area (Å²) in [6.45, 7) is 2.11. The number of halogens is 1. The van der Waals surface area contributed by atoms with E-state index in [1.165, 1.54) is 4.88 Å². The van der Waals surface area contributed by atoms with E-state index in [4.69, 9.17) is 5.73 Å². The molecule has 0 bridgehead atoms. The molecule has 142 valence electrons. The fourth-order valence-corrected chi connectivity index (χ4v) is 5.48. The monoisotopic (exact) mass is 453 g/mol. The van der Waals surface area contributed by atoms with Crippen LogP contribution in [0.1, 0.15) is 41.9 Å². The van der Waals surface area contributed by atoms with Crippen LogP contribution in [-0.4, -0.2) is 5.78 Å². The highest BCUT2D eigenvalue weighted by Gasteiger charge is 2.40. The molecule has 2 aromatic rings. The van der Waals surface area contributed by atoms with Crippen molar-refractivity contribution in [2.45, 2.75) is 38.5 Å². The maximum Gasteiger partial charge on any atom is 0.161 e. The van der Waals surface area contributed by atoms with Gasteiger partial charge in [0, 0.05) is 37.6 Å². The van der Waals surface area contributed by atoms with Crippen molar-refractivity contribution in [2.24, 2.45) is 5.73 Å². The van der Waals surface area contributed by atoms with Crippen molar-refractivity contribution in [3.05, 3.63) is 73.3 Å². The van der Waals surface area contributed by atoms with E-state index < -0.39 is 0 Å². The van der Waals surface area contributed by atoms with Crippen LogP contribution < -0.4 is 10.6 Å². The summed E-state index contributed by atoms with van der Waals surface area (Å²) >= 11 is 5.17. The lowest BCUT2D eigenvalue weighted by Gasteiger charge is -2.39. The fourth-order valence-electron chi connectivity index (χ4n) is 4.02. The van der Waals surface area contributed by atoms with Crippen molar-refractivity contribution in [2.75, 3.05) is 4.90 Å². The Morgan fingerprint density at radius 1 is 1.32 bits per heavy atom. The van der Waals surface area contributed by atoms with Gasteiger partial charge in [0.25, 0.3) is 0 Å². The number of benzene rings is 1. The molecule has 0 fully saturated rings. The highest BCUT2D eigenvalue weighted by atomic mass is 79.9. The van der Waals surface area contributed by atoms with E-state index in [0.717, 1.165) is 45.6 Å². The Hall–Kier alpha value is -2.36. The van der Waals surface area contributed by atoms with Gasteiger partial charge >= 0.3 is 0 Å². The summed E-state index contributed by atoms with van der Waals surface area (Å²) in [5.74, 6) is 0.185. The zero-order valence-electron chi connectivity index (χ0n) is 15.5. The second kappa shape index (κ2) is 7.57. The predicted octanol–water partition coefficient (Wildman–Crippen LogP) is 5.38. The smallest absolute Gasteiger partial charge is 0.161 e. The van der Waals surface area contributed by atoms with Crippen LogP contribution in [-0.2, 0) is 11.2 Å². The molecule has 6 heteroatoms. The first-order valence-electron chi connectivity index (χ1n) is 9.35. The lowest BCUT2D eigenvalue weighted by Crippen LogP contribution is -2.38. The van der Waals surface area contributed by atoms with Gasteiger partial charge in [-0.05, 0) is 49.6 Å². The molecule has 0 spiro atoms. The van der Waals surface area contributed by atoms with Gasteiger partial charge in [0.1, 0.15) is 5.82 Å². The minimum atomic E-state index is -0.360. The Balaban J connectivity index is 1.95. The van der Waals surface area contributed by atoms with Gasteiger partial charge < -0.3 is 5.73 Å². The van der Waals surface area contributed by atoms with Gasteiger partial charge in [-0.25, -0.2) is 0 Å². The normalized spacial score (nSPS) is 19.7. The molecule has 1 aromatic heterocycles. The van der Waals surface area contributed by atoms with E-state index in [2.05, 4.69) is 35.0 Å². The Kier molecular flexibility index (Phi) is 5.13. The zero-order chi connectivity index (χ0) is 19.8. The van der Waals surface area contributed by atoms with Gasteiger partial charge in [0.2, 0.25) is 0 Å². The van der Waals surface area contributed by atoms with Crippen molar-refractivity contribution >= 4 is 38.7 Å². The number of nitriles is 1. The zero-order valence-corrected chi connectivity index (χ0v) is 17.9. The van der Waals surface area contributed by atoms with Gasteiger partial charge in [0.05, 0.1) is 17.6 Å². The maximum absolute atomic E-state index is 13.0. The summed E-state index contributed by atoms with van der Waals surface area (Å²) in [7, 11) is 0. The predicted molar refractivity (Wildman–Crippen MR) is 116 cm³/mol. The molecule has 0 amide bonds. The molecule has 2 heterocycles. The van der Waals surface area contributed by atoms with Crippen LogP contribution in [0.2, 0.25) is 0 Å². The van der Waals surface area contributed by atoms with E-state index in [1.54, 1.807) is 11.3 Å². The number of nitrogens with zero attached hydrogens (tertiary/aromatic N) is 2. The van der Waals surface area contributed by atoms with Crippen molar-refractivity contribution in [1.29, 1.82) is 5.26 Å². The van der Waals surface area contributed by atoms with Gasteiger partial charge in [-0.3, -0.25) is 9.69 Å². The largest absolute Gasteiger partial charge is 0.384 e. The number of nitrogens with two attached hydrogens (primary N) is 1. The number of Topliss-reactive ketones (excluding diaryl/α,β-unsaturated/α-hetero) is 1. The van der Waals surface area contributed by atoms with Gasteiger partial charge in [-0.1, -0.05) is 28.9 Å². The molecular weight excluding hydrogens is 434 g/mol. The first-order valence-corrected chi connectivity index (χ1v) is 11.0. The molecule has 0 unspecified atom stereocenters. The second-order valence-electron chi connectivity index (χ2n) is 6.95. The Labute approximate surface area is 177 Å². The van der Waals surface area contributed by atoms with Crippen LogP contribution in [0.3, 0.4) is 0 Å². The molecule has 4 rings (SSSR count). The minimum absolute atomic E-state index is 0.123. The van der Waals surface area contributed by atoms with E-state index in [0.29, 0.717) is 17.8 Å². The average molecular weight is 454 g/mol. The van der Waals surface area contributed by atoms with Crippen molar-refractivity contribution in [1.82, 2.24) is 0 Å². The fraction of sp³-hybridized carbons (Fsp3) is 0.273. The van der Waals surface area contributed by atoms with Gasteiger partial charge in [0.15, 0.2) is 5.78 Å². The number of carbonyl (C=O) groups excluding carboxylic acids is 1. The first kappa shape index (κ1) is 19.0. The molecule has 4 nitrogen and oxygen atoms in total. The Morgan fingerprint density at radius 2 is 2.14 bits per heavy atom. The molecule has 1 aromatic carbocycles. The maximum atomic E-state index is 13.0. The third-order valence-electron chi connectivity index (χ3n) is 5.30.